The van der Waals surface area contributed by atoms with Gasteiger partial charge in [-0.1, -0.05) is 6.92 Å². The summed E-state index contributed by atoms with van der Waals surface area (Å²) in [6.45, 7) is 3.15. The summed E-state index contributed by atoms with van der Waals surface area (Å²) in [5, 5.41) is 3.57. The van der Waals surface area contributed by atoms with E-state index in [0.717, 1.165) is 30.7 Å². The summed E-state index contributed by atoms with van der Waals surface area (Å²) in [4.78, 5) is 9.52. The highest BCUT2D eigenvalue weighted by Crippen LogP contribution is 2.27. The third-order valence-electron chi connectivity index (χ3n) is 2.94. The van der Waals surface area contributed by atoms with Crippen molar-refractivity contribution in [3.8, 4) is 5.75 Å². The van der Waals surface area contributed by atoms with Gasteiger partial charge in [0.2, 0.25) is 0 Å². The molecule has 4 nitrogen and oxygen atoms in total. The lowest BCUT2D eigenvalue weighted by Crippen LogP contribution is -2.24. The van der Waals surface area contributed by atoms with Crippen molar-refractivity contribution in [1.29, 1.82) is 0 Å². The number of hydrogen-bond acceptors (Lipinski definition) is 5. The van der Waals surface area contributed by atoms with Crippen molar-refractivity contribution in [2.75, 3.05) is 13.7 Å². The second-order valence-corrected chi connectivity index (χ2v) is 5.27. The summed E-state index contributed by atoms with van der Waals surface area (Å²) in [5.74, 6) is 0.834. The first-order valence-corrected chi connectivity index (χ1v) is 7.31. The summed E-state index contributed by atoms with van der Waals surface area (Å²) >= 11 is 1.69. The van der Waals surface area contributed by atoms with E-state index in [1.807, 2.05) is 24.0 Å². The lowest BCUT2D eigenvalue weighted by molar-refractivity contribution is 0.396. The number of nitrogens with one attached hydrogen (secondary N) is 1. The van der Waals surface area contributed by atoms with Gasteiger partial charge in [0.1, 0.15) is 5.75 Å². The Hall–Kier alpha value is -1.46. The molecule has 2 aromatic rings. The van der Waals surface area contributed by atoms with Gasteiger partial charge in [-0.25, -0.2) is 0 Å². The molecule has 19 heavy (non-hydrogen) atoms. The smallest absolute Gasteiger partial charge is 0.141 e. The molecule has 0 aromatic carbocycles. The monoisotopic (exact) mass is 277 g/mol. The van der Waals surface area contributed by atoms with Crippen molar-refractivity contribution in [3.05, 3.63) is 40.6 Å². The summed E-state index contributed by atoms with van der Waals surface area (Å²) in [6.07, 6.45) is 7.53. The molecule has 1 atom stereocenters. The summed E-state index contributed by atoms with van der Waals surface area (Å²) in [6, 6.07) is 2.26. The van der Waals surface area contributed by atoms with Gasteiger partial charge in [0.25, 0.3) is 0 Å². The molecule has 2 heterocycles. The first-order chi connectivity index (χ1) is 9.35. The average Bonchev–Trinajstić information content (AvgIpc) is 2.96. The van der Waals surface area contributed by atoms with E-state index in [1.165, 1.54) is 4.88 Å². The standard InChI is InChI=1S/C14H19N3OS/c1-3-5-17-13(7-11-8-16-10-19-11)12-4-6-15-9-14(12)18-2/h4,6,8-10,13,17H,3,5,7H2,1-2H3. The van der Waals surface area contributed by atoms with E-state index in [2.05, 4.69) is 22.2 Å². The van der Waals surface area contributed by atoms with E-state index in [9.17, 15) is 0 Å². The predicted octanol–water partition coefficient (Wildman–Crippen LogP) is 2.83. The highest BCUT2D eigenvalue weighted by Gasteiger charge is 2.16. The Morgan fingerprint density at radius 3 is 2.95 bits per heavy atom. The quantitative estimate of drug-likeness (QED) is 0.845. The first-order valence-electron chi connectivity index (χ1n) is 6.43. The van der Waals surface area contributed by atoms with Crippen LogP contribution in [0, 0.1) is 0 Å². The topological polar surface area (TPSA) is 47.0 Å². The molecule has 0 aliphatic carbocycles. The van der Waals surface area contributed by atoms with Crippen LogP contribution in [-0.4, -0.2) is 23.6 Å². The average molecular weight is 277 g/mol. The van der Waals surface area contributed by atoms with Gasteiger partial charge in [-0.2, -0.15) is 0 Å². The number of thiazole rings is 1. The van der Waals surface area contributed by atoms with E-state index in [4.69, 9.17) is 4.74 Å². The molecule has 0 saturated heterocycles. The Balaban J connectivity index is 2.20. The number of ether oxygens (including phenoxy) is 1. The van der Waals surface area contributed by atoms with Crippen LogP contribution in [-0.2, 0) is 6.42 Å². The highest BCUT2D eigenvalue weighted by molar-refractivity contribution is 7.09. The zero-order valence-electron chi connectivity index (χ0n) is 11.3. The second kappa shape index (κ2) is 7.21. The Morgan fingerprint density at radius 1 is 1.37 bits per heavy atom. The van der Waals surface area contributed by atoms with E-state index < -0.39 is 0 Å². The fourth-order valence-corrected chi connectivity index (χ4v) is 2.65. The summed E-state index contributed by atoms with van der Waals surface area (Å²) in [5.41, 5.74) is 3.02. The zero-order valence-corrected chi connectivity index (χ0v) is 12.1. The van der Waals surface area contributed by atoms with Crippen molar-refractivity contribution in [1.82, 2.24) is 15.3 Å². The number of hydrogen-bond donors (Lipinski definition) is 1. The molecule has 0 fully saturated rings. The Labute approximate surface area is 117 Å². The Morgan fingerprint density at radius 2 is 2.26 bits per heavy atom. The van der Waals surface area contributed by atoms with Crippen LogP contribution < -0.4 is 10.1 Å². The number of pyridine rings is 1. The molecular formula is C14H19N3OS. The third kappa shape index (κ3) is 3.75. The molecule has 1 N–H and O–H groups in total. The van der Waals surface area contributed by atoms with Gasteiger partial charge >= 0.3 is 0 Å². The van der Waals surface area contributed by atoms with Gasteiger partial charge in [0.05, 0.1) is 18.8 Å². The van der Waals surface area contributed by atoms with Crippen LogP contribution in [0.4, 0.5) is 0 Å². The van der Waals surface area contributed by atoms with E-state index in [1.54, 1.807) is 24.6 Å². The van der Waals surface area contributed by atoms with Crippen molar-refractivity contribution in [3.63, 3.8) is 0 Å². The van der Waals surface area contributed by atoms with E-state index in [-0.39, 0.29) is 6.04 Å². The van der Waals surface area contributed by atoms with Gasteiger partial charge in [0, 0.05) is 35.3 Å². The van der Waals surface area contributed by atoms with Crippen molar-refractivity contribution >= 4 is 11.3 Å². The zero-order chi connectivity index (χ0) is 13.5. The molecule has 0 aliphatic rings. The predicted molar refractivity (Wildman–Crippen MR) is 77.6 cm³/mol. The van der Waals surface area contributed by atoms with Crippen LogP contribution in [0.15, 0.2) is 30.2 Å². The maximum Gasteiger partial charge on any atom is 0.141 e. The molecule has 5 heteroatoms. The Bertz CT molecular complexity index is 487. The molecule has 2 rings (SSSR count). The van der Waals surface area contributed by atoms with Gasteiger partial charge in [-0.3, -0.25) is 9.97 Å². The van der Waals surface area contributed by atoms with Gasteiger partial charge in [-0.15, -0.1) is 11.3 Å². The minimum absolute atomic E-state index is 0.235. The fraction of sp³-hybridized carbons (Fsp3) is 0.429. The number of methoxy groups -OCH3 is 1. The molecule has 1 unspecified atom stereocenters. The van der Waals surface area contributed by atoms with Crippen molar-refractivity contribution in [2.24, 2.45) is 0 Å². The van der Waals surface area contributed by atoms with Gasteiger partial charge in [-0.05, 0) is 19.0 Å². The van der Waals surface area contributed by atoms with Crippen LogP contribution in [0.2, 0.25) is 0 Å². The van der Waals surface area contributed by atoms with Gasteiger partial charge < -0.3 is 10.1 Å². The SMILES string of the molecule is CCCNC(Cc1cncs1)c1ccncc1OC. The fourth-order valence-electron chi connectivity index (χ4n) is 2.00. The normalized spacial score (nSPS) is 12.3. The molecule has 0 saturated carbocycles. The number of nitrogens with zero attached hydrogens (tertiary/aromatic N) is 2. The van der Waals surface area contributed by atoms with Crippen molar-refractivity contribution < 1.29 is 4.74 Å². The number of aromatic nitrogens is 2. The Kier molecular flexibility index (Phi) is 5.30. The lowest BCUT2D eigenvalue weighted by atomic mass is 10.0. The molecule has 2 aromatic heterocycles. The van der Waals surface area contributed by atoms with Crippen molar-refractivity contribution in [2.45, 2.75) is 25.8 Å². The first kappa shape index (κ1) is 14.0. The molecule has 0 spiro atoms. The van der Waals surface area contributed by atoms with Crippen LogP contribution >= 0.6 is 11.3 Å². The maximum absolute atomic E-state index is 5.41. The van der Waals surface area contributed by atoms with Crippen LogP contribution in [0.1, 0.15) is 29.8 Å². The number of rotatable bonds is 7. The highest BCUT2D eigenvalue weighted by atomic mass is 32.1. The largest absolute Gasteiger partial charge is 0.495 e. The maximum atomic E-state index is 5.41. The third-order valence-corrected chi connectivity index (χ3v) is 3.74. The lowest BCUT2D eigenvalue weighted by Gasteiger charge is -2.20. The summed E-state index contributed by atoms with van der Waals surface area (Å²) in [7, 11) is 1.68. The molecule has 0 bridgehead atoms. The molecule has 102 valence electrons. The minimum atomic E-state index is 0.235. The molecule has 0 amide bonds. The molecular weight excluding hydrogens is 258 g/mol. The van der Waals surface area contributed by atoms with Gasteiger partial charge in [0.15, 0.2) is 0 Å². The van der Waals surface area contributed by atoms with E-state index in [0.29, 0.717) is 0 Å². The van der Waals surface area contributed by atoms with Crippen LogP contribution in [0.5, 0.6) is 5.75 Å². The van der Waals surface area contributed by atoms with E-state index >= 15 is 0 Å². The second-order valence-electron chi connectivity index (χ2n) is 4.30. The molecule has 0 aliphatic heterocycles. The minimum Gasteiger partial charge on any atom is -0.495 e. The summed E-state index contributed by atoms with van der Waals surface area (Å²) < 4.78 is 5.41. The van der Waals surface area contributed by atoms with Crippen LogP contribution in [0.3, 0.4) is 0 Å². The molecule has 0 radical (unpaired) electrons. The van der Waals surface area contributed by atoms with Crippen LogP contribution in [0.25, 0.3) is 0 Å².